The van der Waals surface area contributed by atoms with Crippen LogP contribution in [0.3, 0.4) is 0 Å². The van der Waals surface area contributed by atoms with Crippen LogP contribution in [0.4, 0.5) is 4.39 Å². The van der Waals surface area contributed by atoms with E-state index in [-0.39, 0.29) is 0 Å². The molecule has 0 radical (unpaired) electrons. The van der Waals surface area contributed by atoms with Crippen molar-refractivity contribution in [3.8, 4) is 0 Å². The van der Waals surface area contributed by atoms with Crippen molar-refractivity contribution >= 4 is 20.6 Å². The van der Waals surface area contributed by atoms with Crippen LogP contribution in [-0.4, -0.2) is 11.4 Å². The number of alkyl halides is 1. The molecule has 0 fully saturated rings. The third-order valence-electron chi connectivity index (χ3n) is 0.105. The van der Waals surface area contributed by atoms with Crippen LogP contribution < -0.4 is 0 Å². The second-order valence-electron chi connectivity index (χ2n) is 0.489. The number of carbonyl (C=O) groups is 1. The molecule has 0 aromatic rings. The van der Waals surface area contributed by atoms with Gasteiger partial charge >= 0.3 is 0 Å². The van der Waals surface area contributed by atoms with Gasteiger partial charge in [-0.2, -0.15) is 0 Å². The van der Waals surface area contributed by atoms with E-state index in [1.165, 1.54) is 0 Å². The van der Waals surface area contributed by atoms with Crippen LogP contribution >= 0.6 is 15.9 Å². The molecule has 0 amide bonds. The molecule has 0 atom stereocenters. The Morgan fingerprint density at radius 2 is 2.20 bits per heavy atom. The molecule has 0 saturated heterocycles. The molecule has 0 spiro atoms. The van der Waals surface area contributed by atoms with Crippen LogP contribution in [0, 0.1) is 0 Å². The summed E-state index contributed by atoms with van der Waals surface area (Å²) in [5.74, 6) is 0. The van der Waals surface area contributed by atoms with Gasteiger partial charge in [-0.15, -0.1) is 0 Å². The van der Waals surface area contributed by atoms with Gasteiger partial charge in [0.25, 0.3) is 0 Å². The maximum Gasteiger partial charge on any atom is 0.228 e. The lowest BCUT2D eigenvalue weighted by Crippen LogP contribution is -1.81. The van der Waals surface area contributed by atoms with Crippen molar-refractivity contribution in [1.82, 2.24) is 0 Å². The largest absolute Gasteiger partial charge is 0.284 e. The number of halogens is 2. The monoisotopic (exact) mass is 139 g/mol. The quantitative estimate of drug-likeness (QED) is 0.494. The van der Waals surface area contributed by atoms with Crippen LogP contribution in [0.1, 0.15) is 0 Å². The summed E-state index contributed by atoms with van der Waals surface area (Å²) in [6.45, 7) is -0.917. The first kappa shape index (κ1) is 5.08. The summed E-state index contributed by atoms with van der Waals surface area (Å²) in [6.07, 6.45) is 0. The van der Waals surface area contributed by atoms with Crippen molar-refractivity contribution in [2.75, 3.05) is 6.67 Å². The average Bonchev–Trinajstić information content (AvgIpc) is 1.38. The Morgan fingerprint density at radius 1 is 2.00 bits per heavy atom. The number of hydrogen-bond donors (Lipinski definition) is 0. The standard InChI is InChI=1S/C2H2BrFO/c3-2(5)1-4/h1H2/i4-1. The van der Waals surface area contributed by atoms with Gasteiger partial charge in [0.1, 0.15) is 0 Å². The van der Waals surface area contributed by atoms with E-state index >= 15 is 0 Å². The van der Waals surface area contributed by atoms with E-state index in [1.54, 1.807) is 0 Å². The second kappa shape index (κ2) is 2.33. The van der Waals surface area contributed by atoms with Gasteiger partial charge in [0.15, 0.2) is 6.67 Å². The van der Waals surface area contributed by atoms with Crippen LogP contribution in [0.25, 0.3) is 0 Å². The third kappa shape index (κ3) is 4.08. The summed E-state index contributed by atoms with van der Waals surface area (Å²) in [6, 6.07) is 0. The van der Waals surface area contributed by atoms with Crippen molar-refractivity contribution in [1.29, 1.82) is 0 Å². The normalized spacial score (nSPS) is 7.60. The van der Waals surface area contributed by atoms with Gasteiger partial charge in [0.2, 0.25) is 4.69 Å². The molecular formula is C2H2BrFO. The Morgan fingerprint density at radius 3 is 2.20 bits per heavy atom. The molecule has 0 bridgehead atoms. The first-order valence-corrected chi connectivity index (χ1v) is 1.81. The summed E-state index contributed by atoms with van der Waals surface area (Å²) in [5.41, 5.74) is 0. The Bertz CT molecular complexity index is 44.9. The predicted octanol–water partition coefficient (Wildman–Crippen LogP) is 0.877. The van der Waals surface area contributed by atoms with Crippen LogP contribution in [0.15, 0.2) is 0 Å². The molecule has 0 aromatic carbocycles. The highest BCUT2D eigenvalue weighted by Crippen LogP contribution is 1.80. The van der Waals surface area contributed by atoms with Crippen LogP contribution in [0.2, 0.25) is 0 Å². The number of carbonyl (C=O) groups excluding carboxylic acids is 1. The summed E-state index contributed by atoms with van der Waals surface area (Å²) in [4.78, 5) is 9.35. The molecule has 0 N–H and O–H groups in total. The van der Waals surface area contributed by atoms with E-state index in [0.717, 1.165) is 0 Å². The summed E-state index contributed by atoms with van der Waals surface area (Å²) >= 11 is 2.36. The molecule has 3 heteroatoms. The second-order valence-corrected chi connectivity index (χ2v) is 1.37. The van der Waals surface area contributed by atoms with Crippen molar-refractivity contribution in [2.45, 2.75) is 0 Å². The first-order valence-electron chi connectivity index (χ1n) is 1.01. The fourth-order valence-electron chi connectivity index (χ4n) is 0. The van der Waals surface area contributed by atoms with Gasteiger partial charge in [0, 0.05) is 0 Å². The minimum Gasteiger partial charge on any atom is -0.284 e. The zero-order chi connectivity index (χ0) is 4.28. The van der Waals surface area contributed by atoms with E-state index in [1.807, 2.05) is 0 Å². The average molecular weight is 140 g/mol. The first-order chi connectivity index (χ1) is 2.27. The van der Waals surface area contributed by atoms with Gasteiger partial charge in [-0.1, -0.05) is 0 Å². The molecule has 1 nitrogen and oxygen atoms in total. The molecule has 0 aliphatic rings. The molecule has 5 heavy (non-hydrogen) atoms. The van der Waals surface area contributed by atoms with Crippen LogP contribution in [-0.2, 0) is 4.79 Å². The minimum absolute atomic E-state index is 0.600. The SMILES string of the molecule is O=C(Br)C[18F]. The molecule has 0 unspecified atom stereocenters. The number of hydrogen-bond acceptors (Lipinski definition) is 1. The zero-order valence-electron chi connectivity index (χ0n) is 2.37. The Balaban J connectivity index is 2.85. The highest BCUT2D eigenvalue weighted by molar-refractivity contribution is 9.18. The molecule has 0 aromatic heterocycles. The van der Waals surface area contributed by atoms with E-state index in [4.69, 9.17) is 0 Å². The lowest BCUT2D eigenvalue weighted by molar-refractivity contribution is -0.111. The Hall–Kier alpha value is 0.0800. The molecule has 0 rings (SSSR count). The lowest BCUT2D eigenvalue weighted by atomic mass is 10.9. The molecule has 0 heterocycles. The third-order valence-corrected chi connectivity index (χ3v) is 0.317. The molecule has 0 aliphatic heterocycles. The van der Waals surface area contributed by atoms with Gasteiger partial charge in [-0.3, -0.25) is 4.79 Å². The van der Waals surface area contributed by atoms with E-state index in [9.17, 15) is 9.18 Å². The van der Waals surface area contributed by atoms with Crippen molar-refractivity contribution in [3.63, 3.8) is 0 Å². The molecular weight excluding hydrogens is 138 g/mol. The zero-order valence-corrected chi connectivity index (χ0v) is 3.96. The highest BCUT2D eigenvalue weighted by Gasteiger charge is 1.84. The van der Waals surface area contributed by atoms with Gasteiger partial charge in [0.05, 0.1) is 0 Å². The maximum absolute atomic E-state index is 10.7. The Labute approximate surface area is 37.3 Å². The Kier molecular flexibility index (Phi) is 2.36. The van der Waals surface area contributed by atoms with Crippen molar-refractivity contribution in [2.24, 2.45) is 0 Å². The minimum atomic E-state index is -0.917. The predicted molar refractivity (Wildman–Crippen MR) is 19.9 cm³/mol. The van der Waals surface area contributed by atoms with Crippen LogP contribution in [0.5, 0.6) is 0 Å². The molecule has 0 saturated carbocycles. The molecule has 30 valence electrons. The van der Waals surface area contributed by atoms with Gasteiger partial charge < -0.3 is 0 Å². The fourth-order valence-corrected chi connectivity index (χ4v) is 0. The maximum atomic E-state index is 10.7. The van der Waals surface area contributed by atoms with E-state index < -0.39 is 11.4 Å². The van der Waals surface area contributed by atoms with E-state index in [0.29, 0.717) is 0 Å². The van der Waals surface area contributed by atoms with E-state index in [2.05, 4.69) is 15.9 Å². The topological polar surface area (TPSA) is 17.1 Å². The smallest absolute Gasteiger partial charge is 0.228 e. The lowest BCUT2D eigenvalue weighted by Gasteiger charge is -1.65. The number of rotatable bonds is 1. The fraction of sp³-hybridized carbons (Fsp3) is 0.500. The summed E-state index contributed by atoms with van der Waals surface area (Å²) in [7, 11) is 0. The molecule has 0 aliphatic carbocycles. The summed E-state index contributed by atoms with van der Waals surface area (Å²) in [5, 5.41) is 0. The summed E-state index contributed by atoms with van der Waals surface area (Å²) < 4.78 is 10.1. The van der Waals surface area contributed by atoms with Crippen molar-refractivity contribution < 1.29 is 9.18 Å². The highest BCUT2D eigenvalue weighted by atomic mass is 79.9. The van der Waals surface area contributed by atoms with Gasteiger partial charge in [-0.05, 0) is 15.9 Å². The van der Waals surface area contributed by atoms with Crippen molar-refractivity contribution in [3.05, 3.63) is 0 Å². The van der Waals surface area contributed by atoms with Gasteiger partial charge in [-0.25, -0.2) is 4.39 Å².